The molecular formula is C30H39N3O8. The number of carbonyl (C=O) groups is 3. The molecule has 1 aromatic rings. The molecule has 41 heavy (non-hydrogen) atoms. The summed E-state index contributed by atoms with van der Waals surface area (Å²) in [5.41, 5.74) is 3.10. The van der Waals surface area contributed by atoms with Crippen LogP contribution in [0.5, 0.6) is 11.5 Å². The van der Waals surface area contributed by atoms with Gasteiger partial charge in [-0.15, -0.1) is 0 Å². The zero-order chi connectivity index (χ0) is 30.1. The molecule has 1 heterocycles. The Kier molecular flexibility index (Phi) is 7.20. The predicted octanol–water partition coefficient (Wildman–Crippen LogP) is 1.91. The number of likely N-dealkylation sites (N-methyl/N-ethyl adjacent to an activating group) is 1. The molecule has 1 aromatic carbocycles. The van der Waals surface area contributed by atoms with E-state index in [0.717, 1.165) is 31.4 Å². The van der Waals surface area contributed by atoms with Crippen LogP contribution in [0.25, 0.3) is 5.76 Å². The third-order valence-corrected chi connectivity index (χ3v) is 9.47. The van der Waals surface area contributed by atoms with Crippen LogP contribution in [0, 0.1) is 11.8 Å². The highest BCUT2D eigenvalue weighted by molar-refractivity contribution is 6.24. The molecule has 5 atom stereocenters. The number of primary amides is 1. The first-order chi connectivity index (χ1) is 19.3. The Bertz CT molecular complexity index is 1400. The number of carbonyl (C=O) groups excluding carboxylic acids is 3. The van der Waals surface area contributed by atoms with E-state index in [-0.39, 0.29) is 41.8 Å². The van der Waals surface area contributed by atoms with Crippen molar-refractivity contribution in [2.24, 2.45) is 17.6 Å². The van der Waals surface area contributed by atoms with E-state index in [0.29, 0.717) is 11.3 Å². The van der Waals surface area contributed by atoms with Gasteiger partial charge in [0.05, 0.1) is 18.7 Å². The SMILES string of the molecule is COc1c(C2CCCCN2C(C)C)cc(O)c2c1C[C@H]1C[C@H]3[C@H](N(C)C)C(=O)C(C(N)=O)=C(O)[C@@]3(O)C(=O)C1=C2O. The molecule has 1 aliphatic heterocycles. The minimum atomic E-state index is -2.66. The van der Waals surface area contributed by atoms with E-state index in [1.807, 2.05) is 0 Å². The largest absolute Gasteiger partial charge is 0.508 e. The molecule has 1 amide bonds. The van der Waals surface area contributed by atoms with Crippen molar-refractivity contribution in [2.75, 3.05) is 27.7 Å². The van der Waals surface area contributed by atoms with Crippen LogP contribution in [-0.4, -0.2) is 93.1 Å². The van der Waals surface area contributed by atoms with Crippen molar-refractivity contribution in [1.29, 1.82) is 0 Å². The van der Waals surface area contributed by atoms with Crippen LogP contribution < -0.4 is 10.5 Å². The number of hydrogen-bond acceptors (Lipinski definition) is 10. The highest BCUT2D eigenvalue weighted by atomic mass is 16.5. The van der Waals surface area contributed by atoms with Crippen molar-refractivity contribution >= 4 is 23.2 Å². The van der Waals surface area contributed by atoms with Crippen LogP contribution in [0.2, 0.25) is 0 Å². The highest BCUT2D eigenvalue weighted by Crippen LogP contribution is 2.55. The molecule has 2 fully saturated rings. The Morgan fingerprint density at radius 2 is 1.88 bits per heavy atom. The maximum Gasteiger partial charge on any atom is 0.255 e. The summed E-state index contributed by atoms with van der Waals surface area (Å²) in [7, 11) is 4.69. The number of methoxy groups -OCH3 is 1. The lowest BCUT2D eigenvalue weighted by atomic mass is 9.57. The normalized spacial score (nSPS) is 30.4. The molecule has 0 aromatic heterocycles. The minimum Gasteiger partial charge on any atom is -0.508 e. The number of rotatable bonds is 5. The number of phenolic OH excluding ortho intramolecular Hbond substituents is 1. The number of aliphatic hydroxyl groups excluding tert-OH is 2. The Morgan fingerprint density at radius 1 is 1.20 bits per heavy atom. The molecule has 3 aliphatic carbocycles. The van der Waals surface area contributed by atoms with Crippen LogP contribution in [0.1, 0.15) is 62.3 Å². The van der Waals surface area contributed by atoms with Crippen molar-refractivity contribution in [1.82, 2.24) is 9.80 Å². The van der Waals surface area contributed by atoms with Gasteiger partial charge in [0, 0.05) is 34.7 Å². The number of phenols is 1. The monoisotopic (exact) mass is 569 g/mol. The maximum absolute atomic E-state index is 14.0. The number of piperidine rings is 1. The molecule has 1 saturated carbocycles. The number of aliphatic hydroxyl groups is 3. The molecule has 0 bridgehead atoms. The van der Waals surface area contributed by atoms with Gasteiger partial charge >= 0.3 is 0 Å². The molecule has 1 saturated heterocycles. The average molecular weight is 570 g/mol. The van der Waals surface area contributed by atoms with Gasteiger partial charge in [-0.05, 0) is 72.2 Å². The summed E-state index contributed by atoms with van der Waals surface area (Å²) in [5.74, 6) is -6.17. The lowest BCUT2D eigenvalue weighted by Gasteiger charge is -2.50. The standard InChI is InChI=1S/C30H39N3O8/c1-13(2)33-9-7-6-8-18(33)15-12-19(34)21-16(26(15)41-5)10-14-11-17-23(32(3)4)25(36)22(29(31)39)28(38)30(17,40)27(37)20(14)24(21)35/h12-14,17-18,23,34-35,38,40H,6-11H2,1-5H3,(H2,31,39)/t14-,17-,18?,23-,30-/m0/s1. The Labute approximate surface area is 238 Å². The third-order valence-electron chi connectivity index (χ3n) is 9.47. The van der Waals surface area contributed by atoms with Gasteiger partial charge in [0.1, 0.15) is 28.6 Å². The second-order valence-corrected chi connectivity index (χ2v) is 12.2. The van der Waals surface area contributed by atoms with Crippen LogP contribution in [0.4, 0.5) is 0 Å². The Morgan fingerprint density at radius 3 is 2.46 bits per heavy atom. The summed E-state index contributed by atoms with van der Waals surface area (Å²) < 4.78 is 5.93. The zero-order valence-electron chi connectivity index (χ0n) is 24.1. The van der Waals surface area contributed by atoms with E-state index in [4.69, 9.17) is 10.5 Å². The number of benzene rings is 1. The van der Waals surface area contributed by atoms with E-state index in [1.165, 1.54) is 12.0 Å². The molecule has 0 radical (unpaired) electrons. The first-order valence-corrected chi connectivity index (χ1v) is 14.1. The van der Waals surface area contributed by atoms with Crippen LogP contribution in [0.15, 0.2) is 23.0 Å². The van der Waals surface area contributed by atoms with Crippen molar-refractivity contribution in [3.05, 3.63) is 39.7 Å². The Hall–Kier alpha value is -3.41. The smallest absolute Gasteiger partial charge is 0.255 e. The van der Waals surface area contributed by atoms with E-state index in [9.17, 15) is 34.8 Å². The number of Topliss-reactive ketones (excluding diaryl/α,β-unsaturated/α-hetero) is 2. The number of likely N-dealkylation sites (tertiary alicyclic amines) is 1. The van der Waals surface area contributed by atoms with Crippen molar-refractivity contribution in [3.63, 3.8) is 0 Å². The maximum atomic E-state index is 14.0. The summed E-state index contributed by atoms with van der Waals surface area (Å²) in [4.78, 5) is 43.3. The Balaban J connectivity index is 1.70. The molecule has 11 heteroatoms. The summed E-state index contributed by atoms with van der Waals surface area (Å²) >= 11 is 0. The third kappa shape index (κ3) is 4.08. The molecule has 1 unspecified atom stereocenters. The van der Waals surface area contributed by atoms with Gasteiger partial charge in [0.2, 0.25) is 5.78 Å². The van der Waals surface area contributed by atoms with Gasteiger partial charge in [-0.3, -0.25) is 24.2 Å². The van der Waals surface area contributed by atoms with Crippen LogP contribution >= 0.6 is 0 Å². The van der Waals surface area contributed by atoms with Crippen molar-refractivity contribution < 1.29 is 39.5 Å². The minimum absolute atomic E-state index is 0.0103. The van der Waals surface area contributed by atoms with Crippen LogP contribution in [0.3, 0.4) is 0 Å². The van der Waals surface area contributed by atoms with Gasteiger partial charge in [-0.25, -0.2) is 0 Å². The van der Waals surface area contributed by atoms with E-state index < -0.39 is 58.0 Å². The van der Waals surface area contributed by atoms with E-state index >= 15 is 0 Å². The second kappa shape index (κ2) is 10.1. The fourth-order valence-corrected chi connectivity index (χ4v) is 7.71. The molecular weight excluding hydrogens is 530 g/mol. The molecule has 6 N–H and O–H groups in total. The summed E-state index contributed by atoms with van der Waals surface area (Å²) in [5, 5.41) is 45.5. The number of ether oxygens (including phenoxy) is 1. The summed E-state index contributed by atoms with van der Waals surface area (Å²) in [6.45, 7) is 5.15. The van der Waals surface area contributed by atoms with E-state index in [2.05, 4.69) is 18.7 Å². The predicted molar refractivity (Wildman–Crippen MR) is 149 cm³/mol. The quantitative estimate of drug-likeness (QED) is 0.330. The molecule has 5 rings (SSSR count). The molecule has 4 aliphatic rings. The fraction of sp³-hybridized carbons (Fsp3) is 0.567. The van der Waals surface area contributed by atoms with E-state index in [1.54, 1.807) is 20.2 Å². The first kappa shape index (κ1) is 29.1. The van der Waals surface area contributed by atoms with Gasteiger partial charge < -0.3 is 30.9 Å². The number of fused-ring (bicyclic) bond motifs is 3. The number of amides is 1. The molecule has 222 valence electrons. The summed E-state index contributed by atoms with van der Waals surface area (Å²) in [6, 6.07) is 0.698. The average Bonchev–Trinajstić information content (AvgIpc) is 2.90. The number of hydrogen-bond donors (Lipinski definition) is 5. The number of ketones is 2. The van der Waals surface area contributed by atoms with Gasteiger partial charge in [-0.2, -0.15) is 0 Å². The van der Waals surface area contributed by atoms with Gasteiger partial charge in [-0.1, -0.05) is 6.42 Å². The fourth-order valence-electron chi connectivity index (χ4n) is 7.71. The lowest BCUT2D eigenvalue weighted by molar-refractivity contribution is -0.153. The zero-order valence-corrected chi connectivity index (χ0v) is 24.1. The van der Waals surface area contributed by atoms with Gasteiger partial charge in [0.25, 0.3) is 5.91 Å². The number of aromatic hydroxyl groups is 1. The van der Waals surface area contributed by atoms with Crippen molar-refractivity contribution in [2.45, 2.75) is 69.7 Å². The summed E-state index contributed by atoms with van der Waals surface area (Å²) in [6.07, 6.45) is 3.18. The lowest BCUT2D eigenvalue weighted by Crippen LogP contribution is -2.65. The second-order valence-electron chi connectivity index (χ2n) is 12.2. The van der Waals surface area contributed by atoms with Gasteiger partial charge in [0.15, 0.2) is 11.4 Å². The topological polar surface area (TPSA) is 174 Å². The number of nitrogens with two attached hydrogens (primary N) is 1. The molecule has 0 spiro atoms. The van der Waals surface area contributed by atoms with Crippen LogP contribution in [-0.2, 0) is 20.8 Å². The number of nitrogens with zero attached hydrogens (tertiary/aromatic N) is 2. The van der Waals surface area contributed by atoms with Crippen molar-refractivity contribution in [3.8, 4) is 11.5 Å². The molecule has 11 nitrogen and oxygen atoms in total. The first-order valence-electron chi connectivity index (χ1n) is 14.1. The highest BCUT2D eigenvalue weighted by Gasteiger charge is 2.64.